The lowest BCUT2D eigenvalue weighted by Gasteiger charge is -2.20. The lowest BCUT2D eigenvalue weighted by molar-refractivity contribution is -0.114. The molecule has 1 fully saturated rings. The topological polar surface area (TPSA) is 104 Å². The van der Waals surface area contributed by atoms with E-state index in [0.717, 1.165) is 17.9 Å². The molecule has 5 rings (SSSR count). The van der Waals surface area contributed by atoms with Gasteiger partial charge in [-0.05, 0) is 72.6 Å². The molecule has 2 aromatic rings. The van der Waals surface area contributed by atoms with Crippen LogP contribution < -0.4 is 9.47 Å². The van der Waals surface area contributed by atoms with Gasteiger partial charge in [0.25, 0.3) is 5.91 Å². The minimum absolute atomic E-state index is 0.0134. The smallest absolute Gasteiger partial charge is 0.343 e. The summed E-state index contributed by atoms with van der Waals surface area (Å²) in [7, 11) is 1.46. The summed E-state index contributed by atoms with van der Waals surface area (Å²) in [5.41, 5.74) is 1.06. The molecule has 184 valence electrons. The van der Waals surface area contributed by atoms with E-state index in [2.05, 4.69) is 10.1 Å². The number of ether oxygens (including phenoxy) is 2. The Morgan fingerprint density at radius 1 is 1.14 bits per heavy atom. The monoisotopic (exact) mass is 522 g/mol. The quantitative estimate of drug-likeness (QED) is 0.304. The van der Waals surface area contributed by atoms with Crippen LogP contribution in [0.5, 0.6) is 11.5 Å². The second kappa shape index (κ2) is 10.3. The van der Waals surface area contributed by atoms with Crippen LogP contribution in [0, 0.1) is 11.3 Å². The number of aliphatic imine (C=N–C) groups is 1. The molecule has 1 saturated carbocycles. The zero-order valence-electron chi connectivity index (χ0n) is 19.5. The molecule has 0 radical (unpaired) electrons. The molecule has 2 heterocycles. The largest absolute Gasteiger partial charge is 0.493 e. The van der Waals surface area contributed by atoms with Crippen molar-refractivity contribution in [3.8, 4) is 11.5 Å². The van der Waals surface area contributed by atoms with Gasteiger partial charge in [0.05, 0.1) is 18.2 Å². The zero-order valence-corrected chi connectivity index (χ0v) is 21.1. The molecule has 2 aliphatic heterocycles. The van der Waals surface area contributed by atoms with E-state index in [-0.39, 0.29) is 17.2 Å². The highest BCUT2D eigenvalue weighted by Gasteiger charge is 2.38. The molecule has 0 bridgehead atoms. The molecule has 0 aromatic heterocycles. The average molecular weight is 523 g/mol. The van der Waals surface area contributed by atoms with Crippen LogP contribution in [0.4, 0.5) is 0 Å². The average Bonchev–Trinajstić information content (AvgIpc) is 3.32. The third kappa shape index (κ3) is 4.94. The van der Waals surface area contributed by atoms with Gasteiger partial charge in [0.1, 0.15) is 5.04 Å². The lowest BCUT2D eigenvalue weighted by atomic mass is 9.90. The van der Waals surface area contributed by atoms with E-state index < -0.39 is 11.9 Å². The van der Waals surface area contributed by atoms with Crippen LogP contribution in [-0.4, -0.2) is 40.0 Å². The number of methoxy groups -OCH3 is 1. The van der Waals surface area contributed by atoms with Crippen LogP contribution >= 0.6 is 23.4 Å². The number of thioether (sulfide) groups is 1. The maximum Gasteiger partial charge on any atom is 0.343 e. The third-order valence-electron chi connectivity index (χ3n) is 6.21. The van der Waals surface area contributed by atoms with Crippen molar-refractivity contribution in [3.05, 3.63) is 64.2 Å². The van der Waals surface area contributed by atoms with E-state index in [4.69, 9.17) is 26.5 Å². The molecule has 36 heavy (non-hydrogen) atoms. The van der Waals surface area contributed by atoms with Gasteiger partial charge < -0.3 is 9.47 Å². The Kier molecular flexibility index (Phi) is 6.93. The number of benzene rings is 2. The highest BCUT2D eigenvalue weighted by Crippen LogP contribution is 2.36. The van der Waals surface area contributed by atoms with E-state index in [0.29, 0.717) is 33.0 Å². The van der Waals surface area contributed by atoms with E-state index in [9.17, 15) is 9.59 Å². The van der Waals surface area contributed by atoms with Crippen LogP contribution in [0.2, 0.25) is 5.02 Å². The van der Waals surface area contributed by atoms with Crippen molar-refractivity contribution in [2.75, 3.05) is 7.11 Å². The minimum Gasteiger partial charge on any atom is -0.493 e. The third-order valence-corrected chi connectivity index (χ3v) is 7.53. The number of amidine groups is 2. The number of halogens is 1. The summed E-state index contributed by atoms with van der Waals surface area (Å²) >= 11 is 7.27. The number of fused-ring (bicyclic) bond motifs is 1. The summed E-state index contributed by atoms with van der Waals surface area (Å²) in [6.45, 7) is 0. The summed E-state index contributed by atoms with van der Waals surface area (Å²) in [4.78, 5) is 29.5. The second-order valence-electron chi connectivity index (χ2n) is 8.60. The van der Waals surface area contributed by atoms with E-state index in [1.165, 1.54) is 43.1 Å². The predicted octanol–water partition coefficient (Wildman–Crippen LogP) is 5.77. The number of amides is 1. The van der Waals surface area contributed by atoms with Crippen LogP contribution in [0.25, 0.3) is 6.08 Å². The molecular formula is C26H23ClN4O4S. The van der Waals surface area contributed by atoms with E-state index >= 15 is 0 Å². The molecule has 2 aromatic carbocycles. The van der Waals surface area contributed by atoms with Crippen molar-refractivity contribution >= 4 is 57.4 Å². The molecule has 0 spiro atoms. The van der Waals surface area contributed by atoms with Crippen LogP contribution in [0.1, 0.15) is 48.0 Å². The maximum absolute atomic E-state index is 12.8. The predicted molar refractivity (Wildman–Crippen MR) is 141 cm³/mol. The fraction of sp³-hybridized carbons (Fsp3) is 0.269. The highest BCUT2D eigenvalue weighted by atomic mass is 35.5. The van der Waals surface area contributed by atoms with Crippen LogP contribution in [0.15, 0.2) is 58.1 Å². The van der Waals surface area contributed by atoms with Gasteiger partial charge in [-0.1, -0.05) is 36.9 Å². The molecule has 10 heteroatoms. The van der Waals surface area contributed by atoms with Crippen molar-refractivity contribution < 1.29 is 19.1 Å². The Morgan fingerprint density at radius 2 is 1.89 bits per heavy atom. The Bertz CT molecular complexity index is 1330. The molecule has 3 aliphatic rings. The summed E-state index contributed by atoms with van der Waals surface area (Å²) in [5, 5.41) is 16.6. The Hall–Kier alpha value is -3.43. The molecular weight excluding hydrogens is 500 g/mol. The van der Waals surface area contributed by atoms with Gasteiger partial charge in [-0.2, -0.15) is 15.1 Å². The van der Waals surface area contributed by atoms with Gasteiger partial charge in [0, 0.05) is 10.9 Å². The van der Waals surface area contributed by atoms with E-state index in [1.807, 2.05) is 0 Å². The molecule has 1 aliphatic carbocycles. The fourth-order valence-electron chi connectivity index (χ4n) is 4.29. The SMILES string of the molecule is COc1cc(/C=C2/C(=N)N3N=C(C4CCCCC4)SC3=NC2=O)ccc1OC(=O)c1ccc(Cl)cc1. The summed E-state index contributed by atoms with van der Waals surface area (Å²) in [6, 6.07) is 11.2. The molecule has 0 atom stereocenters. The van der Waals surface area contributed by atoms with Crippen LogP contribution in [0.3, 0.4) is 0 Å². The highest BCUT2D eigenvalue weighted by molar-refractivity contribution is 8.27. The number of nitrogens with one attached hydrogen (secondary N) is 1. The number of hydrazone groups is 1. The van der Waals surface area contributed by atoms with Gasteiger partial charge in [0.15, 0.2) is 17.3 Å². The Labute approximate surface area is 217 Å². The molecule has 1 amide bonds. The van der Waals surface area contributed by atoms with Crippen molar-refractivity contribution in [2.45, 2.75) is 32.1 Å². The Morgan fingerprint density at radius 3 is 2.61 bits per heavy atom. The van der Waals surface area contributed by atoms with E-state index in [1.54, 1.807) is 48.5 Å². The normalized spacial score (nSPS) is 19.2. The minimum atomic E-state index is -0.555. The van der Waals surface area contributed by atoms with Gasteiger partial charge in [-0.15, -0.1) is 0 Å². The van der Waals surface area contributed by atoms with Crippen molar-refractivity contribution in [3.63, 3.8) is 0 Å². The number of rotatable bonds is 5. The number of carbonyl (C=O) groups excluding carboxylic acids is 2. The van der Waals surface area contributed by atoms with Crippen molar-refractivity contribution in [2.24, 2.45) is 16.0 Å². The number of esters is 1. The zero-order chi connectivity index (χ0) is 25.2. The second-order valence-corrected chi connectivity index (χ2v) is 10.0. The number of hydrogen-bond acceptors (Lipinski definition) is 7. The summed E-state index contributed by atoms with van der Waals surface area (Å²) in [5.74, 6) is -0.167. The molecule has 0 saturated heterocycles. The first-order chi connectivity index (χ1) is 17.4. The van der Waals surface area contributed by atoms with Gasteiger partial charge in [0.2, 0.25) is 5.17 Å². The van der Waals surface area contributed by atoms with Crippen molar-refractivity contribution in [1.82, 2.24) is 5.01 Å². The van der Waals surface area contributed by atoms with Crippen LogP contribution in [-0.2, 0) is 4.79 Å². The van der Waals surface area contributed by atoms with Gasteiger partial charge in [-0.3, -0.25) is 10.2 Å². The summed E-state index contributed by atoms with van der Waals surface area (Å²) < 4.78 is 10.9. The van der Waals surface area contributed by atoms with Gasteiger partial charge in [-0.25, -0.2) is 4.79 Å². The van der Waals surface area contributed by atoms with Gasteiger partial charge >= 0.3 is 5.97 Å². The lowest BCUT2D eigenvalue weighted by Crippen LogP contribution is -2.35. The Balaban J connectivity index is 1.36. The first-order valence-electron chi connectivity index (χ1n) is 11.6. The number of carbonyl (C=O) groups is 2. The number of hydrogen-bond donors (Lipinski definition) is 1. The molecule has 0 unspecified atom stereocenters. The first-order valence-corrected chi connectivity index (χ1v) is 12.8. The fourth-order valence-corrected chi connectivity index (χ4v) is 5.48. The first kappa shape index (κ1) is 24.3. The number of nitrogens with zero attached hydrogens (tertiary/aromatic N) is 3. The molecule has 1 N–H and O–H groups in total. The maximum atomic E-state index is 12.8. The summed E-state index contributed by atoms with van der Waals surface area (Å²) in [6.07, 6.45) is 7.30. The standard InChI is InChI=1S/C26H23ClN4O4S/c1-34-21-14-15(7-12-20(21)35-25(33)17-8-10-18(27)11-9-17)13-19-22(28)31-26(29-23(19)32)36-24(30-31)16-5-3-2-4-6-16/h7-14,16,28H,2-6H2,1H3/b19-13-,28-22?. The molecule has 8 nitrogen and oxygen atoms in total. The van der Waals surface area contributed by atoms with Crippen molar-refractivity contribution in [1.29, 1.82) is 5.41 Å².